The summed E-state index contributed by atoms with van der Waals surface area (Å²) in [5.41, 5.74) is 0. The monoisotopic (exact) mass is 282 g/mol. The number of aliphatic carboxylic acids is 1. The van der Waals surface area contributed by atoms with E-state index in [1.165, 1.54) is 6.42 Å². The van der Waals surface area contributed by atoms with E-state index in [9.17, 15) is 9.90 Å². The van der Waals surface area contributed by atoms with E-state index >= 15 is 0 Å². The van der Waals surface area contributed by atoms with E-state index in [0.29, 0.717) is 6.04 Å². The summed E-state index contributed by atoms with van der Waals surface area (Å²) in [5, 5.41) is 9.54. The van der Waals surface area contributed by atoms with Crippen molar-refractivity contribution in [2.75, 3.05) is 26.7 Å². The zero-order valence-corrected chi connectivity index (χ0v) is 13.2. The average Bonchev–Trinajstić information content (AvgIpc) is 2.47. The van der Waals surface area contributed by atoms with Crippen molar-refractivity contribution in [2.45, 2.75) is 58.0 Å². The molecular formula is C16H30N2O2. The van der Waals surface area contributed by atoms with Crippen molar-refractivity contribution in [3.63, 3.8) is 0 Å². The molecule has 0 radical (unpaired) electrons. The van der Waals surface area contributed by atoms with Gasteiger partial charge in [0, 0.05) is 31.7 Å². The zero-order valence-electron chi connectivity index (χ0n) is 13.2. The highest BCUT2D eigenvalue weighted by molar-refractivity contribution is 5.71. The van der Waals surface area contributed by atoms with Crippen molar-refractivity contribution in [1.29, 1.82) is 0 Å². The van der Waals surface area contributed by atoms with E-state index in [0.717, 1.165) is 51.2 Å². The third-order valence-corrected chi connectivity index (χ3v) is 5.57. The van der Waals surface area contributed by atoms with Gasteiger partial charge in [-0.05, 0) is 38.6 Å². The van der Waals surface area contributed by atoms with Gasteiger partial charge in [-0.2, -0.15) is 0 Å². The largest absolute Gasteiger partial charge is 0.481 e. The number of nitrogens with zero attached hydrogens (tertiary/aromatic N) is 2. The number of carboxylic acids is 1. The summed E-state index contributed by atoms with van der Waals surface area (Å²) >= 11 is 0. The van der Waals surface area contributed by atoms with Crippen molar-refractivity contribution in [3.05, 3.63) is 0 Å². The molecule has 4 atom stereocenters. The number of hydrogen-bond donors (Lipinski definition) is 1. The minimum atomic E-state index is -0.587. The van der Waals surface area contributed by atoms with Gasteiger partial charge >= 0.3 is 5.97 Å². The Morgan fingerprint density at radius 1 is 1.20 bits per heavy atom. The summed E-state index contributed by atoms with van der Waals surface area (Å²) in [6.45, 7) is 7.60. The second-order valence-electron chi connectivity index (χ2n) is 6.64. The lowest BCUT2D eigenvalue weighted by Crippen LogP contribution is -2.57. The summed E-state index contributed by atoms with van der Waals surface area (Å²) in [6.07, 6.45) is 5.37. The Labute approximate surface area is 123 Å². The lowest BCUT2D eigenvalue weighted by molar-refractivity contribution is -0.147. The summed E-state index contributed by atoms with van der Waals surface area (Å²) in [5.74, 6) is -0.0226. The maximum atomic E-state index is 11.6. The normalized spacial score (nSPS) is 37.0. The van der Waals surface area contributed by atoms with Crippen LogP contribution in [0.25, 0.3) is 0 Å². The molecule has 2 aliphatic rings. The van der Waals surface area contributed by atoms with Gasteiger partial charge in [-0.3, -0.25) is 9.69 Å². The van der Waals surface area contributed by atoms with Gasteiger partial charge in [-0.25, -0.2) is 0 Å². The number of hydrogen-bond acceptors (Lipinski definition) is 3. The van der Waals surface area contributed by atoms with Gasteiger partial charge in [0.25, 0.3) is 0 Å². The highest BCUT2D eigenvalue weighted by Gasteiger charge is 2.39. The molecule has 0 aromatic carbocycles. The lowest BCUT2D eigenvalue weighted by Gasteiger charge is -2.47. The molecule has 1 saturated carbocycles. The first-order valence-corrected chi connectivity index (χ1v) is 8.23. The molecule has 0 spiro atoms. The molecule has 0 aromatic rings. The quantitative estimate of drug-likeness (QED) is 0.859. The third kappa shape index (κ3) is 3.34. The Morgan fingerprint density at radius 3 is 2.55 bits per heavy atom. The Balaban J connectivity index is 2.07. The molecule has 4 nitrogen and oxygen atoms in total. The fourth-order valence-electron chi connectivity index (χ4n) is 4.01. The smallest absolute Gasteiger partial charge is 0.308 e. The Morgan fingerprint density at radius 2 is 1.95 bits per heavy atom. The molecule has 4 unspecified atom stereocenters. The highest BCUT2D eigenvalue weighted by Crippen LogP contribution is 2.35. The van der Waals surface area contributed by atoms with Crippen molar-refractivity contribution in [2.24, 2.45) is 11.8 Å². The summed E-state index contributed by atoms with van der Waals surface area (Å²) in [7, 11) is 2.19. The molecule has 0 aromatic heterocycles. The third-order valence-electron chi connectivity index (χ3n) is 5.57. The standard InChI is InChI=1S/C16H30N2O2/c1-4-12-6-7-14(16(19)20)15(10-12)18-9-8-17(3)13(5-2)11-18/h12-15H,4-11H2,1-3H3,(H,19,20). The van der Waals surface area contributed by atoms with Crippen molar-refractivity contribution >= 4 is 5.97 Å². The maximum Gasteiger partial charge on any atom is 0.308 e. The van der Waals surface area contributed by atoms with E-state index in [4.69, 9.17) is 0 Å². The maximum absolute atomic E-state index is 11.6. The van der Waals surface area contributed by atoms with Gasteiger partial charge in [0.15, 0.2) is 0 Å². The van der Waals surface area contributed by atoms with E-state index < -0.39 is 5.97 Å². The summed E-state index contributed by atoms with van der Waals surface area (Å²) < 4.78 is 0. The molecule has 1 aliphatic heterocycles. The van der Waals surface area contributed by atoms with Crippen LogP contribution in [0.5, 0.6) is 0 Å². The predicted octanol–water partition coefficient (Wildman–Crippen LogP) is 2.29. The molecule has 1 saturated heterocycles. The van der Waals surface area contributed by atoms with Gasteiger partial charge in [-0.15, -0.1) is 0 Å². The van der Waals surface area contributed by atoms with Gasteiger partial charge in [0.05, 0.1) is 5.92 Å². The minimum absolute atomic E-state index is 0.154. The van der Waals surface area contributed by atoms with Gasteiger partial charge in [0.1, 0.15) is 0 Å². The fourth-order valence-corrected chi connectivity index (χ4v) is 4.01. The number of carboxylic acid groups (broad SMARTS) is 1. The van der Waals surface area contributed by atoms with Crippen LogP contribution in [0.2, 0.25) is 0 Å². The number of carbonyl (C=O) groups is 1. The van der Waals surface area contributed by atoms with Crippen LogP contribution in [-0.2, 0) is 4.79 Å². The van der Waals surface area contributed by atoms with E-state index in [1.807, 2.05) is 0 Å². The van der Waals surface area contributed by atoms with E-state index in [-0.39, 0.29) is 12.0 Å². The molecule has 1 aliphatic carbocycles. The van der Waals surface area contributed by atoms with Crippen molar-refractivity contribution < 1.29 is 9.90 Å². The first-order valence-electron chi connectivity index (χ1n) is 8.23. The molecular weight excluding hydrogens is 252 g/mol. The molecule has 1 N–H and O–H groups in total. The van der Waals surface area contributed by atoms with Crippen LogP contribution in [0, 0.1) is 11.8 Å². The summed E-state index contributed by atoms with van der Waals surface area (Å²) in [4.78, 5) is 16.5. The summed E-state index contributed by atoms with van der Waals surface area (Å²) in [6, 6.07) is 0.842. The van der Waals surface area contributed by atoms with Crippen molar-refractivity contribution in [1.82, 2.24) is 9.80 Å². The molecule has 2 fully saturated rings. The Bertz CT molecular complexity index is 334. The average molecular weight is 282 g/mol. The van der Waals surface area contributed by atoms with Gasteiger partial charge < -0.3 is 10.0 Å². The SMILES string of the molecule is CCC1CCC(C(=O)O)C(N2CCN(C)C(CC)C2)C1. The molecule has 0 bridgehead atoms. The predicted molar refractivity (Wildman–Crippen MR) is 80.8 cm³/mol. The van der Waals surface area contributed by atoms with E-state index in [1.54, 1.807) is 0 Å². The molecule has 1 heterocycles. The molecule has 116 valence electrons. The molecule has 0 amide bonds. The van der Waals surface area contributed by atoms with Crippen molar-refractivity contribution in [3.8, 4) is 0 Å². The van der Waals surface area contributed by atoms with Crippen LogP contribution < -0.4 is 0 Å². The Kier molecular flexibility index (Phi) is 5.44. The first kappa shape index (κ1) is 15.8. The number of rotatable bonds is 4. The van der Waals surface area contributed by atoms with Crippen LogP contribution in [0.3, 0.4) is 0 Å². The molecule has 4 heteroatoms. The lowest BCUT2D eigenvalue weighted by atomic mass is 9.76. The highest BCUT2D eigenvalue weighted by atomic mass is 16.4. The number of likely N-dealkylation sites (N-methyl/N-ethyl adjacent to an activating group) is 1. The zero-order chi connectivity index (χ0) is 14.7. The van der Waals surface area contributed by atoms with Gasteiger partial charge in [0.2, 0.25) is 0 Å². The van der Waals surface area contributed by atoms with Gasteiger partial charge in [-0.1, -0.05) is 20.3 Å². The van der Waals surface area contributed by atoms with E-state index in [2.05, 4.69) is 30.7 Å². The van der Waals surface area contributed by atoms with Crippen LogP contribution in [0.4, 0.5) is 0 Å². The van der Waals surface area contributed by atoms with Crippen LogP contribution in [-0.4, -0.2) is 59.6 Å². The fraction of sp³-hybridized carbons (Fsp3) is 0.938. The second kappa shape index (κ2) is 6.90. The molecule has 2 rings (SSSR count). The topological polar surface area (TPSA) is 43.8 Å². The second-order valence-corrected chi connectivity index (χ2v) is 6.64. The van der Waals surface area contributed by atoms with Crippen LogP contribution >= 0.6 is 0 Å². The van der Waals surface area contributed by atoms with Crippen LogP contribution in [0.15, 0.2) is 0 Å². The first-order chi connectivity index (χ1) is 9.56. The number of piperazine rings is 1. The van der Waals surface area contributed by atoms with Crippen LogP contribution in [0.1, 0.15) is 46.0 Å². The molecule has 20 heavy (non-hydrogen) atoms. The Hall–Kier alpha value is -0.610. The minimum Gasteiger partial charge on any atom is -0.481 e.